The van der Waals surface area contributed by atoms with Crippen LogP contribution in [-0.4, -0.2) is 24.4 Å². The number of ether oxygens (including phenoxy) is 1. The molecule has 0 aromatic heterocycles. The van der Waals surface area contributed by atoms with Crippen molar-refractivity contribution in [3.63, 3.8) is 0 Å². The molecule has 1 unspecified atom stereocenters. The highest BCUT2D eigenvalue weighted by Gasteiger charge is 2.34. The van der Waals surface area contributed by atoms with Crippen molar-refractivity contribution in [3.8, 4) is 0 Å². The molecule has 1 atom stereocenters. The maximum absolute atomic E-state index is 9.38. The van der Waals surface area contributed by atoms with Gasteiger partial charge in [-0.2, -0.15) is 0 Å². The second kappa shape index (κ2) is 4.12. The molecular formula is C12H15ClO2. The van der Waals surface area contributed by atoms with Gasteiger partial charge in [0, 0.05) is 18.6 Å². The van der Waals surface area contributed by atoms with E-state index in [1.165, 1.54) is 11.1 Å². The zero-order valence-corrected chi connectivity index (χ0v) is 9.55. The molecule has 0 fully saturated rings. The average Bonchev–Trinajstić information content (AvgIpc) is 2.29. The topological polar surface area (TPSA) is 29.5 Å². The smallest absolute Gasteiger partial charge is 0.0951 e. The molecule has 1 N–H and O–H groups in total. The summed E-state index contributed by atoms with van der Waals surface area (Å²) < 4.78 is 5.43. The van der Waals surface area contributed by atoms with Crippen LogP contribution in [0.3, 0.4) is 0 Å². The number of hydrogen-bond donors (Lipinski definition) is 1. The van der Waals surface area contributed by atoms with Gasteiger partial charge in [-0.05, 0) is 30.0 Å². The van der Waals surface area contributed by atoms with Gasteiger partial charge in [0.25, 0.3) is 0 Å². The molecule has 15 heavy (non-hydrogen) atoms. The summed E-state index contributed by atoms with van der Waals surface area (Å²) in [5.74, 6) is 0. The first kappa shape index (κ1) is 10.9. The van der Waals surface area contributed by atoms with E-state index < -0.39 is 5.60 Å². The van der Waals surface area contributed by atoms with Crippen LogP contribution in [0.15, 0.2) is 18.2 Å². The number of aliphatic hydroxyl groups is 1. The molecule has 0 saturated heterocycles. The van der Waals surface area contributed by atoms with Crippen LogP contribution in [0, 0.1) is 0 Å². The number of methoxy groups -OCH3 is 1. The van der Waals surface area contributed by atoms with Gasteiger partial charge in [0.1, 0.15) is 0 Å². The first-order valence-corrected chi connectivity index (χ1v) is 5.51. The second-order valence-corrected chi connectivity index (χ2v) is 4.51. The highest BCUT2D eigenvalue weighted by Crippen LogP contribution is 2.34. The van der Waals surface area contributed by atoms with Gasteiger partial charge in [-0.3, -0.25) is 0 Å². The predicted molar refractivity (Wildman–Crippen MR) is 60.3 cm³/mol. The lowest BCUT2D eigenvalue weighted by molar-refractivity contribution is -0.0606. The first-order chi connectivity index (χ1) is 7.21. The molecule has 82 valence electrons. The predicted octanol–water partition coefficient (Wildman–Crippen LogP) is 2.21. The highest BCUT2D eigenvalue weighted by atomic mass is 35.5. The van der Waals surface area contributed by atoms with Gasteiger partial charge in [-0.25, -0.2) is 0 Å². The largest absolute Gasteiger partial charge is 0.393 e. The minimum atomic E-state index is -0.405. The second-order valence-electron chi connectivity index (χ2n) is 4.10. The third-order valence-electron chi connectivity index (χ3n) is 3.28. The third-order valence-corrected chi connectivity index (χ3v) is 3.63. The number of rotatable bonds is 2. The van der Waals surface area contributed by atoms with Gasteiger partial charge in [-0.1, -0.05) is 23.7 Å². The number of aliphatic hydroxyl groups excluding tert-OH is 1. The lowest BCUT2D eigenvalue weighted by Gasteiger charge is -2.35. The maximum Gasteiger partial charge on any atom is 0.0951 e. The molecule has 0 aliphatic heterocycles. The van der Waals surface area contributed by atoms with Crippen LogP contribution >= 0.6 is 11.6 Å². The number of halogens is 1. The fraction of sp³-hybridized carbons (Fsp3) is 0.500. The molecule has 0 radical (unpaired) electrons. The van der Waals surface area contributed by atoms with Crippen molar-refractivity contribution in [1.82, 2.24) is 0 Å². The van der Waals surface area contributed by atoms with Crippen LogP contribution in [0.4, 0.5) is 0 Å². The molecule has 1 aliphatic rings. The lowest BCUT2D eigenvalue weighted by Crippen LogP contribution is -2.41. The molecule has 0 spiro atoms. The zero-order chi connectivity index (χ0) is 10.9. The molecule has 1 aromatic carbocycles. The summed E-state index contributed by atoms with van der Waals surface area (Å²) >= 11 is 6.12. The van der Waals surface area contributed by atoms with Crippen LogP contribution < -0.4 is 0 Å². The van der Waals surface area contributed by atoms with Crippen molar-refractivity contribution in [3.05, 3.63) is 34.3 Å². The van der Waals surface area contributed by atoms with Gasteiger partial charge < -0.3 is 9.84 Å². The third kappa shape index (κ3) is 1.89. The van der Waals surface area contributed by atoms with Crippen LogP contribution in [0.25, 0.3) is 0 Å². The van der Waals surface area contributed by atoms with Crippen molar-refractivity contribution in [2.75, 3.05) is 13.7 Å². The Balaban J connectivity index is 2.34. The molecule has 0 heterocycles. The fourth-order valence-corrected chi connectivity index (χ4v) is 2.50. The lowest BCUT2D eigenvalue weighted by atomic mass is 9.81. The van der Waals surface area contributed by atoms with E-state index in [2.05, 4.69) is 6.07 Å². The Bertz CT molecular complexity index is 359. The van der Waals surface area contributed by atoms with Crippen molar-refractivity contribution >= 4 is 11.6 Å². The Morgan fingerprint density at radius 2 is 2.33 bits per heavy atom. The van der Waals surface area contributed by atoms with E-state index in [0.29, 0.717) is 0 Å². The molecule has 0 amide bonds. The van der Waals surface area contributed by atoms with E-state index in [1.807, 2.05) is 12.1 Å². The fourth-order valence-electron chi connectivity index (χ4n) is 2.21. The summed E-state index contributed by atoms with van der Waals surface area (Å²) in [6.45, 7) is 0.0649. The van der Waals surface area contributed by atoms with Gasteiger partial charge in [0.05, 0.1) is 12.2 Å². The van der Waals surface area contributed by atoms with Gasteiger partial charge in [-0.15, -0.1) is 0 Å². The van der Waals surface area contributed by atoms with Crippen LogP contribution in [0.5, 0.6) is 0 Å². The van der Waals surface area contributed by atoms with Crippen LogP contribution in [0.1, 0.15) is 17.5 Å². The van der Waals surface area contributed by atoms with E-state index >= 15 is 0 Å². The molecule has 0 bridgehead atoms. The van der Waals surface area contributed by atoms with Gasteiger partial charge in [0.15, 0.2) is 0 Å². The molecule has 2 nitrogen and oxygen atoms in total. The average molecular weight is 227 g/mol. The number of hydrogen-bond acceptors (Lipinski definition) is 2. The number of benzene rings is 1. The van der Waals surface area contributed by atoms with Crippen molar-refractivity contribution in [2.45, 2.75) is 24.9 Å². The normalized spacial score (nSPS) is 25.0. The quantitative estimate of drug-likeness (QED) is 0.838. The minimum absolute atomic E-state index is 0.0649. The Kier molecular flexibility index (Phi) is 3.01. The standard InChI is InChI=1S/C12H15ClO2/c1-15-12(8-14)6-5-10-9(7-12)3-2-4-11(10)13/h2-4,14H,5-8H2,1H3. The van der Waals surface area contributed by atoms with Crippen LogP contribution in [0.2, 0.25) is 5.02 Å². The molecule has 1 aliphatic carbocycles. The molecule has 0 saturated carbocycles. The van der Waals surface area contributed by atoms with Crippen molar-refractivity contribution < 1.29 is 9.84 Å². The highest BCUT2D eigenvalue weighted by molar-refractivity contribution is 6.31. The van der Waals surface area contributed by atoms with E-state index in [4.69, 9.17) is 16.3 Å². The maximum atomic E-state index is 9.38. The molecular weight excluding hydrogens is 212 g/mol. The summed E-state index contributed by atoms with van der Waals surface area (Å²) in [6.07, 6.45) is 2.45. The number of fused-ring (bicyclic) bond motifs is 1. The molecule has 1 aromatic rings. The zero-order valence-electron chi connectivity index (χ0n) is 8.79. The van der Waals surface area contributed by atoms with E-state index in [9.17, 15) is 5.11 Å². The van der Waals surface area contributed by atoms with E-state index in [0.717, 1.165) is 24.3 Å². The Hall–Kier alpha value is -0.570. The Labute approximate surface area is 94.8 Å². The first-order valence-electron chi connectivity index (χ1n) is 5.13. The minimum Gasteiger partial charge on any atom is -0.393 e. The van der Waals surface area contributed by atoms with E-state index in [-0.39, 0.29) is 6.61 Å². The Morgan fingerprint density at radius 3 is 3.00 bits per heavy atom. The summed E-state index contributed by atoms with van der Waals surface area (Å²) in [6, 6.07) is 5.92. The monoisotopic (exact) mass is 226 g/mol. The van der Waals surface area contributed by atoms with Gasteiger partial charge in [0.2, 0.25) is 0 Å². The SMILES string of the molecule is COC1(CO)CCc2c(Cl)cccc2C1. The molecule has 3 heteroatoms. The summed E-state index contributed by atoms with van der Waals surface area (Å²) in [4.78, 5) is 0. The molecule has 2 rings (SSSR count). The van der Waals surface area contributed by atoms with Crippen molar-refractivity contribution in [2.24, 2.45) is 0 Å². The van der Waals surface area contributed by atoms with E-state index in [1.54, 1.807) is 7.11 Å². The Morgan fingerprint density at radius 1 is 1.53 bits per heavy atom. The summed E-state index contributed by atoms with van der Waals surface area (Å²) in [7, 11) is 1.66. The summed E-state index contributed by atoms with van der Waals surface area (Å²) in [5.41, 5.74) is 2.00. The van der Waals surface area contributed by atoms with Crippen LogP contribution in [-0.2, 0) is 17.6 Å². The summed E-state index contributed by atoms with van der Waals surface area (Å²) in [5, 5.41) is 10.2. The van der Waals surface area contributed by atoms with Gasteiger partial charge >= 0.3 is 0 Å². The van der Waals surface area contributed by atoms with Crippen molar-refractivity contribution in [1.29, 1.82) is 0 Å².